The van der Waals surface area contributed by atoms with Gasteiger partial charge in [-0.25, -0.2) is 0 Å². The summed E-state index contributed by atoms with van der Waals surface area (Å²) < 4.78 is 21.5. The Kier molecular flexibility index (Phi) is 4.14. The summed E-state index contributed by atoms with van der Waals surface area (Å²) in [5.41, 5.74) is 2.45. The molecular formula is C17H16N2O4. The van der Waals surface area contributed by atoms with Crippen molar-refractivity contribution in [3.8, 4) is 39.8 Å². The first-order chi connectivity index (χ1) is 11.3. The van der Waals surface area contributed by atoms with Crippen LogP contribution in [0.2, 0.25) is 0 Å². The van der Waals surface area contributed by atoms with Crippen LogP contribution in [-0.4, -0.2) is 31.5 Å². The maximum Gasteiger partial charge on any atom is 0.203 e. The third-order valence-electron chi connectivity index (χ3n) is 3.44. The van der Waals surface area contributed by atoms with Crippen LogP contribution in [0.1, 0.15) is 0 Å². The maximum atomic E-state index is 5.46. The van der Waals surface area contributed by atoms with E-state index in [0.29, 0.717) is 23.0 Å². The summed E-state index contributed by atoms with van der Waals surface area (Å²) in [6.07, 6.45) is 3.42. The Morgan fingerprint density at radius 2 is 1.48 bits per heavy atom. The van der Waals surface area contributed by atoms with Crippen LogP contribution in [0.5, 0.6) is 17.2 Å². The molecule has 1 aromatic carbocycles. The third-order valence-corrected chi connectivity index (χ3v) is 3.44. The van der Waals surface area contributed by atoms with E-state index >= 15 is 0 Å². The first-order valence-electron chi connectivity index (χ1n) is 6.94. The fourth-order valence-corrected chi connectivity index (χ4v) is 2.29. The monoisotopic (exact) mass is 312 g/mol. The van der Waals surface area contributed by atoms with Crippen molar-refractivity contribution in [1.82, 2.24) is 10.1 Å². The minimum Gasteiger partial charge on any atom is -0.493 e. The summed E-state index contributed by atoms with van der Waals surface area (Å²) in [5.74, 6) is 2.26. The maximum absolute atomic E-state index is 5.46. The van der Waals surface area contributed by atoms with Gasteiger partial charge in [0.2, 0.25) is 5.75 Å². The van der Waals surface area contributed by atoms with Crippen LogP contribution in [0.15, 0.2) is 47.2 Å². The van der Waals surface area contributed by atoms with Crippen molar-refractivity contribution in [2.45, 2.75) is 0 Å². The molecule has 118 valence electrons. The summed E-state index contributed by atoms with van der Waals surface area (Å²) in [6.45, 7) is 0. The molecule has 23 heavy (non-hydrogen) atoms. The number of aromatic nitrogens is 2. The highest BCUT2D eigenvalue weighted by molar-refractivity contribution is 5.71. The SMILES string of the molecule is COc1cc(-c2cc(-c3ccncc3)no2)cc(OC)c1OC. The highest BCUT2D eigenvalue weighted by Gasteiger charge is 2.17. The molecule has 0 bridgehead atoms. The lowest BCUT2D eigenvalue weighted by atomic mass is 10.1. The van der Waals surface area contributed by atoms with Crippen molar-refractivity contribution < 1.29 is 18.7 Å². The second-order valence-corrected chi connectivity index (χ2v) is 4.73. The summed E-state index contributed by atoms with van der Waals surface area (Å²) >= 11 is 0. The predicted octanol–water partition coefficient (Wildman–Crippen LogP) is 3.43. The molecule has 2 aromatic heterocycles. The first kappa shape index (κ1) is 14.9. The summed E-state index contributed by atoms with van der Waals surface area (Å²) in [5, 5.41) is 4.10. The van der Waals surface area contributed by atoms with Crippen molar-refractivity contribution in [3.63, 3.8) is 0 Å². The molecule has 0 radical (unpaired) electrons. The fraction of sp³-hybridized carbons (Fsp3) is 0.176. The molecule has 0 N–H and O–H groups in total. The molecule has 0 spiro atoms. The topological polar surface area (TPSA) is 66.6 Å². The van der Waals surface area contributed by atoms with Gasteiger partial charge < -0.3 is 18.7 Å². The number of pyridine rings is 1. The van der Waals surface area contributed by atoms with Gasteiger partial charge in [-0.2, -0.15) is 0 Å². The Bertz CT molecular complexity index is 774. The van der Waals surface area contributed by atoms with Gasteiger partial charge in [0.1, 0.15) is 5.69 Å². The van der Waals surface area contributed by atoms with E-state index in [4.69, 9.17) is 18.7 Å². The van der Waals surface area contributed by atoms with Crippen molar-refractivity contribution in [3.05, 3.63) is 42.7 Å². The number of hydrogen-bond acceptors (Lipinski definition) is 6. The molecule has 0 aliphatic heterocycles. The summed E-state index contributed by atoms with van der Waals surface area (Å²) in [7, 11) is 4.71. The molecule has 0 atom stereocenters. The molecule has 0 unspecified atom stereocenters. The van der Waals surface area contributed by atoms with E-state index in [1.807, 2.05) is 30.3 Å². The lowest BCUT2D eigenvalue weighted by Crippen LogP contribution is -1.95. The van der Waals surface area contributed by atoms with Gasteiger partial charge in [-0.3, -0.25) is 4.98 Å². The summed E-state index contributed by atoms with van der Waals surface area (Å²) in [4.78, 5) is 3.99. The number of methoxy groups -OCH3 is 3. The Morgan fingerprint density at radius 1 is 0.826 bits per heavy atom. The van der Waals surface area contributed by atoms with Crippen molar-refractivity contribution in [2.75, 3.05) is 21.3 Å². The number of benzene rings is 1. The molecule has 0 amide bonds. The molecule has 2 heterocycles. The standard InChI is InChI=1S/C17H16N2O4/c1-20-15-8-12(9-16(21-2)17(15)22-3)14-10-13(19-23-14)11-4-6-18-7-5-11/h4-10H,1-3H3. The Hall–Kier alpha value is -3.02. The molecule has 0 saturated heterocycles. The number of hydrogen-bond donors (Lipinski definition) is 0. The summed E-state index contributed by atoms with van der Waals surface area (Å²) in [6, 6.07) is 9.24. The van der Waals surface area contributed by atoms with Gasteiger partial charge in [0.25, 0.3) is 0 Å². The zero-order valence-corrected chi connectivity index (χ0v) is 13.1. The Labute approximate surface area is 133 Å². The van der Waals surface area contributed by atoms with Crippen LogP contribution >= 0.6 is 0 Å². The minimum atomic E-state index is 0.535. The van der Waals surface area contributed by atoms with Crippen molar-refractivity contribution in [2.24, 2.45) is 0 Å². The fourth-order valence-electron chi connectivity index (χ4n) is 2.29. The average Bonchev–Trinajstić information content (AvgIpc) is 3.11. The second-order valence-electron chi connectivity index (χ2n) is 4.73. The van der Waals surface area contributed by atoms with Crippen LogP contribution in [0.4, 0.5) is 0 Å². The van der Waals surface area contributed by atoms with E-state index in [0.717, 1.165) is 16.8 Å². The van der Waals surface area contributed by atoms with Gasteiger partial charge in [-0.05, 0) is 24.3 Å². The lowest BCUT2D eigenvalue weighted by molar-refractivity contribution is 0.324. The molecule has 0 aliphatic carbocycles. The van der Waals surface area contributed by atoms with Gasteiger partial charge in [0, 0.05) is 29.6 Å². The van der Waals surface area contributed by atoms with Crippen LogP contribution < -0.4 is 14.2 Å². The van der Waals surface area contributed by atoms with Gasteiger partial charge in [0.15, 0.2) is 17.3 Å². The van der Waals surface area contributed by atoms with E-state index < -0.39 is 0 Å². The van der Waals surface area contributed by atoms with Gasteiger partial charge in [-0.15, -0.1) is 0 Å². The van der Waals surface area contributed by atoms with E-state index in [9.17, 15) is 0 Å². The third kappa shape index (κ3) is 2.83. The number of nitrogens with zero attached hydrogens (tertiary/aromatic N) is 2. The molecule has 0 fully saturated rings. The van der Waals surface area contributed by atoms with E-state index in [-0.39, 0.29) is 0 Å². The zero-order valence-electron chi connectivity index (χ0n) is 13.1. The van der Waals surface area contributed by atoms with Gasteiger partial charge in [-0.1, -0.05) is 5.16 Å². The van der Waals surface area contributed by atoms with Crippen LogP contribution in [-0.2, 0) is 0 Å². The zero-order chi connectivity index (χ0) is 16.2. The quantitative estimate of drug-likeness (QED) is 0.719. The van der Waals surface area contributed by atoms with Gasteiger partial charge >= 0.3 is 0 Å². The van der Waals surface area contributed by atoms with E-state index in [1.54, 1.807) is 33.7 Å². The smallest absolute Gasteiger partial charge is 0.203 e. The largest absolute Gasteiger partial charge is 0.493 e. The number of rotatable bonds is 5. The Morgan fingerprint density at radius 3 is 2.04 bits per heavy atom. The van der Waals surface area contributed by atoms with E-state index in [2.05, 4.69) is 10.1 Å². The van der Waals surface area contributed by atoms with Crippen molar-refractivity contribution in [1.29, 1.82) is 0 Å². The molecule has 6 heteroatoms. The molecular weight excluding hydrogens is 296 g/mol. The lowest BCUT2D eigenvalue weighted by Gasteiger charge is -2.12. The molecule has 3 aromatic rings. The normalized spacial score (nSPS) is 10.4. The van der Waals surface area contributed by atoms with Crippen LogP contribution in [0.25, 0.3) is 22.6 Å². The van der Waals surface area contributed by atoms with E-state index in [1.165, 1.54) is 0 Å². The van der Waals surface area contributed by atoms with Crippen molar-refractivity contribution >= 4 is 0 Å². The molecule has 6 nitrogen and oxygen atoms in total. The number of ether oxygens (including phenoxy) is 3. The molecule has 0 aliphatic rings. The predicted molar refractivity (Wildman–Crippen MR) is 84.8 cm³/mol. The molecule has 0 saturated carbocycles. The second kappa shape index (κ2) is 6.39. The highest BCUT2D eigenvalue weighted by Crippen LogP contribution is 2.41. The van der Waals surface area contributed by atoms with Crippen LogP contribution in [0, 0.1) is 0 Å². The van der Waals surface area contributed by atoms with Gasteiger partial charge in [0.05, 0.1) is 21.3 Å². The van der Waals surface area contributed by atoms with Crippen LogP contribution in [0.3, 0.4) is 0 Å². The average molecular weight is 312 g/mol. The Balaban J connectivity index is 2.04. The first-order valence-corrected chi connectivity index (χ1v) is 6.94. The molecule has 3 rings (SSSR count). The highest BCUT2D eigenvalue weighted by atomic mass is 16.5. The minimum absolute atomic E-state index is 0.535.